The topological polar surface area (TPSA) is 29.3 Å². The van der Waals surface area contributed by atoms with Crippen molar-refractivity contribution in [2.45, 2.75) is 19.8 Å². The van der Waals surface area contributed by atoms with Crippen LogP contribution in [0, 0.1) is 5.92 Å². The van der Waals surface area contributed by atoms with Crippen molar-refractivity contribution in [1.82, 2.24) is 4.90 Å². The molecule has 2 heteroatoms. The Morgan fingerprint density at radius 1 is 1.40 bits per heavy atom. The van der Waals surface area contributed by atoms with Gasteiger partial charge in [-0.2, -0.15) is 0 Å². The Kier molecular flexibility index (Phi) is 3.16. The Labute approximate surface area is 63.4 Å². The molecule has 0 spiro atoms. The second-order valence-corrected chi connectivity index (χ2v) is 3.36. The third-order valence-electron chi connectivity index (χ3n) is 2.07. The summed E-state index contributed by atoms with van der Waals surface area (Å²) in [4.78, 5) is 2.50. The zero-order valence-corrected chi connectivity index (χ0v) is 6.84. The van der Waals surface area contributed by atoms with Crippen LogP contribution in [0.1, 0.15) is 19.8 Å². The molecular formula is C8H18N2. The SMILES string of the molecule is CC1CN(CCCCN)C1. The van der Waals surface area contributed by atoms with Crippen molar-refractivity contribution in [3.63, 3.8) is 0 Å². The van der Waals surface area contributed by atoms with Gasteiger partial charge in [0.2, 0.25) is 0 Å². The Bertz CT molecular complexity index is 87.3. The van der Waals surface area contributed by atoms with Crippen LogP contribution < -0.4 is 5.73 Å². The van der Waals surface area contributed by atoms with Gasteiger partial charge >= 0.3 is 0 Å². The van der Waals surface area contributed by atoms with Crippen molar-refractivity contribution in [3.8, 4) is 0 Å². The molecule has 2 nitrogen and oxygen atoms in total. The fourth-order valence-electron chi connectivity index (χ4n) is 1.49. The molecule has 0 saturated carbocycles. The third kappa shape index (κ3) is 2.27. The highest BCUT2D eigenvalue weighted by Crippen LogP contribution is 2.13. The molecule has 0 aromatic heterocycles. The number of likely N-dealkylation sites (tertiary alicyclic amines) is 1. The first-order valence-electron chi connectivity index (χ1n) is 4.25. The maximum Gasteiger partial charge on any atom is 0.00194 e. The van der Waals surface area contributed by atoms with Crippen LogP contribution in [0.2, 0.25) is 0 Å². The molecule has 0 bridgehead atoms. The molecule has 1 fully saturated rings. The molecule has 1 aliphatic rings. The summed E-state index contributed by atoms with van der Waals surface area (Å²) in [5.41, 5.74) is 5.38. The van der Waals surface area contributed by atoms with Gasteiger partial charge in [0.1, 0.15) is 0 Å². The van der Waals surface area contributed by atoms with Crippen LogP contribution >= 0.6 is 0 Å². The van der Waals surface area contributed by atoms with Crippen LogP contribution in [0.5, 0.6) is 0 Å². The van der Waals surface area contributed by atoms with E-state index in [2.05, 4.69) is 11.8 Å². The van der Waals surface area contributed by atoms with E-state index < -0.39 is 0 Å². The third-order valence-corrected chi connectivity index (χ3v) is 2.07. The predicted octanol–water partition coefficient (Wildman–Crippen LogP) is 0.677. The number of nitrogens with two attached hydrogens (primary N) is 1. The summed E-state index contributed by atoms with van der Waals surface area (Å²) in [7, 11) is 0. The minimum absolute atomic E-state index is 0.851. The highest BCUT2D eigenvalue weighted by molar-refractivity contribution is 4.75. The normalized spacial score (nSPS) is 21.0. The van der Waals surface area contributed by atoms with Gasteiger partial charge in [0.05, 0.1) is 0 Å². The number of unbranched alkanes of at least 4 members (excludes halogenated alkanes) is 1. The van der Waals surface area contributed by atoms with Gasteiger partial charge in [-0.15, -0.1) is 0 Å². The Morgan fingerprint density at radius 3 is 2.60 bits per heavy atom. The van der Waals surface area contributed by atoms with E-state index in [-0.39, 0.29) is 0 Å². The van der Waals surface area contributed by atoms with Crippen molar-refractivity contribution < 1.29 is 0 Å². The molecule has 0 atom stereocenters. The van der Waals surface area contributed by atoms with Gasteiger partial charge in [0.15, 0.2) is 0 Å². The van der Waals surface area contributed by atoms with E-state index >= 15 is 0 Å². The molecule has 0 aromatic carbocycles. The van der Waals surface area contributed by atoms with E-state index in [4.69, 9.17) is 5.73 Å². The van der Waals surface area contributed by atoms with E-state index in [9.17, 15) is 0 Å². The molecule has 1 saturated heterocycles. The Morgan fingerprint density at radius 2 is 2.10 bits per heavy atom. The van der Waals surface area contributed by atoms with Gasteiger partial charge in [0, 0.05) is 13.1 Å². The number of hydrogen-bond acceptors (Lipinski definition) is 2. The fourth-order valence-corrected chi connectivity index (χ4v) is 1.49. The van der Waals surface area contributed by atoms with Crippen LogP contribution in [-0.2, 0) is 0 Å². The summed E-state index contributed by atoms with van der Waals surface area (Å²) in [6.07, 6.45) is 2.47. The lowest BCUT2D eigenvalue weighted by Gasteiger charge is -2.37. The van der Waals surface area contributed by atoms with E-state index in [1.54, 1.807) is 0 Å². The van der Waals surface area contributed by atoms with Crippen LogP contribution in [0.25, 0.3) is 0 Å². The highest BCUT2D eigenvalue weighted by Gasteiger charge is 2.20. The monoisotopic (exact) mass is 142 g/mol. The molecule has 1 aliphatic heterocycles. The predicted molar refractivity (Wildman–Crippen MR) is 43.9 cm³/mol. The summed E-state index contributed by atoms with van der Waals surface area (Å²) in [6.45, 7) is 7.04. The largest absolute Gasteiger partial charge is 0.330 e. The first-order valence-corrected chi connectivity index (χ1v) is 4.25. The average molecular weight is 142 g/mol. The molecular weight excluding hydrogens is 124 g/mol. The molecule has 0 unspecified atom stereocenters. The van der Waals surface area contributed by atoms with Crippen LogP contribution in [0.3, 0.4) is 0 Å². The lowest BCUT2D eigenvalue weighted by Crippen LogP contribution is -2.45. The summed E-state index contributed by atoms with van der Waals surface area (Å²) < 4.78 is 0. The standard InChI is InChI=1S/C8H18N2/c1-8-6-10(7-8)5-3-2-4-9/h8H,2-7,9H2,1H3. The molecule has 60 valence electrons. The van der Waals surface area contributed by atoms with E-state index in [1.807, 2.05) is 0 Å². The van der Waals surface area contributed by atoms with Crippen molar-refractivity contribution in [2.75, 3.05) is 26.2 Å². The van der Waals surface area contributed by atoms with Crippen molar-refractivity contribution >= 4 is 0 Å². The molecule has 1 rings (SSSR count). The van der Waals surface area contributed by atoms with Gasteiger partial charge in [-0.1, -0.05) is 6.92 Å². The summed E-state index contributed by atoms with van der Waals surface area (Å²) in [5.74, 6) is 0.942. The number of rotatable bonds is 4. The van der Waals surface area contributed by atoms with Crippen molar-refractivity contribution in [3.05, 3.63) is 0 Å². The van der Waals surface area contributed by atoms with Crippen LogP contribution in [-0.4, -0.2) is 31.1 Å². The minimum Gasteiger partial charge on any atom is -0.330 e. The molecule has 0 aliphatic carbocycles. The summed E-state index contributed by atoms with van der Waals surface area (Å²) in [6, 6.07) is 0. The van der Waals surface area contributed by atoms with Gasteiger partial charge in [-0.25, -0.2) is 0 Å². The quantitative estimate of drug-likeness (QED) is 0.585. The maximum absolute atomic E-state index is 5.38. The average Bonchev–Trinajstić information content (AvgIpc) is 1.85. The smallest absolute Gasteiger partial charge is 0.00194 e. The number of nitrogens with zero attached hydrogens (tertiary/aromatic N) is 1. The van der Waals surface area contributed by atoms with Gasteiger partial charge in [0.25, 0.3) is 0 Å². The van der Waals surface area contributed by atoms with Crippen molar-refractivity contribution in [1.29, 1.82) is 0 Å². The Balaban J connectivity index is 1.86. The maximum atomic E-state index is 5.38. The van der Waals surface area contributed by atoms with Crippen LogP contribution in [0.15, 0.2) is 0 Å². The zero-order chi connectivity index (χ0) is 7.40. The lowest BCUT2D eigenvalue weighted by atomic mass is 10.0. The highest BCUT2D eigenvalue weighted by atomic mass is 15.2. The van der Waals surface area contributed by atoms with Crippen LogP contribution in [0.4, 0.5) is 0 Å². The molecule has 10 heavy (non-hydrogen) atoms. The molecule has 1 heterocycles. The zero-order valence-electron chi connectivity index (χ0n) is 6.84. The fraction of sp³-hybridized carbons (Fsp3) is 1.00. The first-order chi connectivity index (χ1) is 4.83. The van der Waals surface area contributed by atoms with Gasteiger partial charge < -0.3 is 10.6 Å². The van der Waals surface area contributed by atoms with Crippen molar-refractivity contribution in [2.24, 2.45) is 11.7 Å². The first kappa shape index (κ1) is 8.02. The Hall–Kier alpha value is -0.0800. The minimum atomic E-state index is 0.851. The second kappa shape index (κ2) is 3.94. The lowest BCUT2D eigenvalue weighted by molar-refractivity contribution is 0.111. The van der Waals surface area contributed by atoms with E-state index in [1.165, 1.54) is 32.5 Å². The molecule has 0 aromatic rings. The van der Waals surface area contributed by atoms with Gasteiger partial charge in [-0.3, -0.25) is 0 Å². The van der Waals surface area contributed by atoms with E-state index in [0.29, 0.717) is 0 Å². The molecule has 2 N–H and O–H groups in total. The van der Waals surface area contributed by atoms with E-state index in [0.717, 1.165) is 12.5 Å². The molecule has 0 radical (unpaired) electrons. The van der Waals surface area contributed by atoms with Gasteiger partial charge in [-0.05, 0) is 31.8 Å². The summed E-state index contributed by atoms with van der Waals surface area (Å²) >= 11 is 0. The summed E-state index contributed by atoms with van der Waals surface area (Å²) in [5, 5.41) is 0. The second-order valence-electron chi connectivity index (χ2n) is 3.36. The number of hydrogen-bond donors (Lipinski definition) is 1. The molecule has 0 amide bonds.